The van der Waals surface area contributed by atoms with Gasteiger partial charge in [0.15, 0.2) is 6.10 Å². The number of carboxylic acids is 1. The monoisotopic (exact) mass is 454 g/mol. The minimum absolute atomic E-state index is 0.0311. The van der Waals surface area contributed by atoms with Gasteiger partial charge in [0.25, 0.3) is 0 Å². The molecule has 0 saturated heterocycles. The number of unbranched alkanes of at least 4 members (excludes halogenated alkanes) is 11. The van der Waals surface area contributed by atoms with Crippen molar-refractivity contribution in [3.05, 3.63) is 0 Å². The third-order valence-corrected chi connectivity index (χ3v) is 6.07. The molecular weight excluding hydrogens is 409 g/mol. The van der Waals surface area contributed by atoms with Gasteiger partial charge in [-0.2, -0.15) is 0 Å². The van der Waals surface area contributed by atoms with Gasteiger partial charge in [-0.3, -0.25) is 13.8 Å². The number of rotatable bonds is 20. The molecule has 3 unspecified atom stereocenters. The van der Waals surface area contributed by atoms with Gasteiger partial charge < -0.3 is 19.6 Å². The average molecular weight is 455 g/mol. The molecule has 0 aromatic heterocycles. The van der Waals surface area contributed by atoms with Gasteiger partial charge >= 0.3 is 13.8 Å². The molecule has 0 aromatic carbocycles. The number of phosphoric acid groups is 1. The summed E-state index contributed by atoms with van der Waals surface area (Å²) in [5, 5.41) is 19.2. The molecule has 0 aliphatic rings. The Bertz CT molecular complexity index is 496. The fourth-order valence-electron chi connectivity index (χ4n) is 3.19. The molecule has 0 heterocycles. The predicted octanol–water partition coefficient (Wildman–Crippen LogP) is 4.69. The number of aliphatic hydroxyl groups is 1. The summed E-state index contributed by atoms with van der Waals surface area (Å²) in [6.07, 6.45) is 10.9. The van der Waals surface area contributed by atoms with Gasteiger partial charge in [-0.15, -0.1) is 0 Å². The maximum absolute atomic E-state index is 12.1. The molecule has 8 nitrogen and oxygen atoms in total. The lowest BCUT2D eigenvalue weighted by Crippen LogP contribution is -2.52. The van der Waals surface area contributed by atoms with Crippen molar-refractivity contribution in [2.24, 2.45) is 0 Å². The first kappa shape index (κ1) is 29.5. The van der Waals surface area contributed by atoms with Gasteiger partial charge in [0.2, 0.25) is 6.23 Å². The van der Waals surface area contributed by atoms with E-state index in [0.717, 1.165) is 19.3 Å². The van der Waals surface area contributed by atoms with Gasteiger partial charge in [-0.1, -0.05) is 77.6 Å². The molecule has 0 bridgehead atoms. The van der Waals surface area contributed by atoms with Gasteiger partial charge in [-0.25, -0.2) is 4.57 Å². The van der Waals surface area contributed by atoms with Gasteiger partial charge in [-0.05, 0) is 6.42 Å². The van der Waals surface area contributed by atoms with E-state index in [2.05, 4.69) is 6.92 Å². The van der Waals surface area contributed by atoms with E-state index < -0.39 is 32.5 Å². The largest absolute Gasteiger partial charge is 0.481 e. The van der Waals surface area contributed by atoms with Crippen LogP contribution in [0.5, 0.6) is 0 Å². The van der Waals surface area contributed by atoms with Crippen molar-refractivity contribution in [2.75, 3.05) is 27.7 Å². The molecule has 0 aliphatic heterocycles. The fraction of sp³-hybridized carbons (Fsp3) is 0.952. The van der Waals surface area contributed by atoms with Crippen LogP contribution in [-0.4, -0.2) is 65.6 Å². The van der Waals surface area contributed by atoms with Crippen molar-refractivity contribution in [1.82, 2.24) is 0 Å². The van der Waals surface area contributed by atoms with E-state index in [1.165, 1.54) is 51.4 Å². The molecule has 30 heavy (non-hydrogen) atoms. The van der Waals surface area contributed by atoms with Crippen LogP contribution >= 0.6 is 7.82 Å². The number of likely N-dealkylation sites (N-methyl/N-ethyl adjacent to an activating group) is 1. The van der Waals surface area contributed by atoms with E-state index in [4.69, 9.17) is 14.2 Å². The smallest absolute Gasteiger partial charge is 0.472 e. The summed E-state index contributed by atoms with van der Waals surface area (Å²) in [6, 6.07) is 0. The Balaban J connectivity index is 3.97. The fourth-order valence-corrected chi connectivity index (χ4v) is 4.14. The molecule has 0 radical (unpaired) electrons. The van der Waals surface area contributed by atoms with Crippen molar-refractivity contribution >= 4 is 13.8 Å². The zero-order valence-corrected chi connectivity index (χ0v) is 20.3. The highest BCUT2D eigenvalue weighted by Gasteiger charge is 2.39. The predicted molar refractivity (Wildman–Crippen MR) is 118 cm³/mol. The number of aliphatic carboxylic acids is 1. The van der Waals surface area contributed by atoms with E-state index in [0.29, 0.717) is 6.42 Å². The van der Waals surface area contributed by atoms with Gasteiger partial charge in [0.05, 0.1) is 34.2 Å². The van der Waals surface area contributed by atoms with Crippen LogP contribution in [0.3, 0.4) is 0 Å². The van der Waals surface area contributed by atoms with Crippen LogP contribution in [0.2, 0.25) is 0 Å². The molecule has 0 amide bonds. The van der Waals surface area contributed by atoms with Crippen LogP contribution < -0.4 is 0 Å². The number of quaternary nitrogens is 1. The molecule has 180 valence electrons. The quantitative estimate of drug-likeness (QED) is 0.106. The molecule has 0 rings (SSSR count). The van der Waals surface area contributed by atoms with E-state index in [-0.39, 0.29) is 11.1 Å². The number of hydrogen-bond acceptors (Lipinski definition) is 5. The first-order valence-electron chi connectivity index (χ1n) is 11.4. The zero-order valence-electron chi connectivity index (χ0n) is 19.4. The van der Waals surface area contributed by atoms with Crippen LogP contribution in [-0.2, 0) is 18.4 Å². The van der Waals surface area contributed by atoms with Crippen molar-refractivity contribution in [3.63, 3.8) is 0 Å². The van der Waals surface area contributed by atoms with E-state index in [1.807, 2.05) is 0 Å². The van der Waals surface area contributed by atoms with Crippen molar-refractivity contribution in [1.29, 1.82) is 0 Å². The van der Waals surface area contributed by atoms with Crippen LogP contribution in [0.25, 0.3) is 0 Å². The minimum Gasteiger partial charge on any atom is -0.481 e. The van der Waals surface area contributed by atoms with Crippen molar-refractivity contribution in [2.45, 2.75) is 103 Å². The highest BCUT2D eigenvalue weighted by Crippen LogP contribution is 2.46. The van der Waals surface area contributed by atoms with Gasteiger partial charge in [0.1, 0.15) is 0 Å². The number of aliphatic hydroxyl groups excluding tert-OH is 1. The van der Waals surface area contributed by atoms with Crippen molar-refractivity contribution in [3.8, 4) is 0 Å². The number of hydrogen-bond donors (Lipinski definition) is 3. The summed E-state index contributed by atoms with van der Waals surface area (Å²) >= 11 is 0. The average Bonchev–Trinajstić information content (AvgIpc) is 2.63. The first-order chi connectivity index (χ1) is 14.0. The number of nitrogens with zero attached hydrogens (tertiary/aromatic N) is 1. The Morgan fingerprint density at radius 2 is 1.33 bits per heavy atom. The van der Waals surface area contributed by atoms with Gasteiger partial charge in [0, 0.05) is 0 Å². The van der Waals surface area contributed by atoms with Crippen LogP contribution in [0.1, 0.15) is 90.4 Å². The molecule has 9 heteroatoms. The Morgan fingerprint density at radius 1 is 0.900 bits per heavy atom. The summed E-state index contributed by atoms with van der Waals surface area (Å²) in [5.41, 5.74) is 0. The lowest BCUT2D eigenvalue weighted by atomic mass is 10.1. The Morgan fingerprint density at radius 3 is 1.73 bits per heavy atom. The molecule has 0 spiro atoms. The lowest BCUT2D eigenvalue weighted by molar-refractivity contribution is -0.922. The second-order valence-electron chi connectivity index (χ2n) is 8.96. The Kier molecular flexibility index (Phi) is 15.9. The zero-order chi connectivity index (χ0) is 23.0. The Hall–Kier alpha value is -0.500. The maximum atomic E-state index is 12.1. The third-order valence-electron chi connectivity index (χ3n) is 5.02. The highest BCUT2D eigenvalue weighted by molar-refractivity contribution is 7.47. The molecule has 0 fully saturated rings. The highest BCUT2D eigenvalue weighted by atomic mass is 31.2. The summed E-state index contributed by atoms with van der Waals surface area (Å²) in [4.78, 5) is 20.9. The molecular formula is C21H45NO7P+. The Labute approximate surface area is 182 Å². The number of phosphoric ester groups is 1. The summed E-state index contributed by atoms with van der Waals surface area (Å²) in [6.45, 7) is 2.29. The third kappa shape index (κ3) is 16.2. The van der Waals surface area contributed by atoms with E-state index in [1.54, 1.807) is 21.1 Å². The second kappa shape index (κ2) is 16.2. The van der Waals surface area contributed by atoms with Crippen molar-refractivity contribution < 1.29 is 38.0 Å². The number of carbonyl (C=O) groups is 1. The first-order valence-corrected chi connectivity index (χ1v) is 12.9. The van der Waals surface area contributed by atoms with E-state index >= 15 is 0 Å². The minimum atomic E-state index is -4.44. The topological polar surface area (TPSA) is 113 Å². The maximum Gasteiger partial charge on any atom is 0.472 e. The normalized spacial score (nSPS) is 16.2. The van der Waals surface area contributed by atoms with Crippen LogP contribution in [0.15, 0.2) is 0 Å². The molecule has 0 aliphatic carbocycles. The SMILES string of the molecule is CCCCCCCCCCCCCCOP(=O)(O)OC(CC(=O)O)C(O)[N+](C)(C)C. The lowest BCUT2D eigenvalue weighted by Gasteiger charge is -2.34. The number of carboxylic acid groups (broad SMARTS) is 1. The molecule has 0 saturated carbocycles. The van der Waals surface area contributed by atoms with Crippen LogP contribution in [0.4, 0.5) is 0 Å². The van der Waals surface area contributed by atoms with E-state index in [9.17, 15) is 19.4 Å². The van der Waals surface area contributed by atoms with Crippen LogP contribution in [0, 0.1) is 0 Å². The molecule has 3 atom stereocenters. The summed E-state index contributed by atoms with van der Waals surface area (Å²) in [5.74, 6) is -1.23. The summed E-state index contributed by atoms with van der Waals surface area (Å²) in [7, 11) is 0.468. The second-order valence-corrected chi connectivity index (χ2v) is 10.4. The standard InChI is InChI=1S/C21H44NO7P/c1-5-6-7-8-9-10-11-12-13-14-15-16-17-28-30(26,27)29-19(18-20(23)24)21(25)22(2,3)4/h19,21,25H,5-18H2,1-4H3,(H-,23,24,26,27)/p+1. The summed E-state index contributed by atoms with van der Waals surface area (Å²) < 4.78 is 22.1. The molecule has 0 aromatic rings. The molecule has 3 N–H and O–H groups in total.